The smallest absolute Gasteiger partial charge is 0.273 e. The van der Waals surface area contributed by atoms with Crippen LogP contribution < -0.4 is 5.32 Å². The quantitative estimate of drug-likeness (QED) is 0.630. The normalized spacial score (nSPS) is 12.2. The van der Waals surface area contributed by atoms with Gasteiger partial charge in [0.15, 0.2) is 11.5 Å². The second-order valence-corrected chi connectivity index (χ2v) is 7.16. The Morgan fingerprint density at radius 1 is 1.21 bits per heavy atom. The first kappa shape index (κ1) is 20.0. The summed E-state index contributed by atoms with van der Waals surface area (Å²) in [4.78, 5) is 14.7. The zero-order valence-corrected chi connectivity index (χ0v) is 16.4. The van der Waals surface area contributed by atoms with Crippen molar-refractivity contribution in [1.29, 1.82) is 0 Å². The third kappa shape index (κ3) is 4.97. The summed E-state index contributed by atoms with van der Waals surface area (Å²) in [7, 11) is 3.94. The molecule has 1 heterocycles. The van der Waals surface area contributed by atoms with Crippen LogP contribution in [0.3, 0.4) is 0 Å². The van der Waals surface area contributed by atoms with Gasteiger partial charge in [-0.1, -0.05) is 41.0 Å². The maximum absolute atomic E-state index is 13.9. The zero-order chi connectivity index (χ0) is 20.1. The van der Waals surface area contributed by atoms with E-state index in [2.05, 4.69) is 10.5 Å². The molecule has 1 aromatic heterocycles. The number of carbonyl (C=O) groups is 1. The molecule has 0 spiro atoms. The fraction of sp³-hybridized carbons (Fsp3) is 0.238. The van der Waals surface area contributed by atoms with E-state index in [4.69, 9.17) is 16.1 Å². The second-order valence-electron chi connectivity index (χ2n) is 6.73. The van der Waals surface area contributed by atoms with Crippen molar-refractivity contribution in [3.05, 3.63) is 76.7 Å². The molecule has 1 N–H and O–H groups in total. The van der Waals surface area contributed by atoms with Crippen LogP contribution in [0.5, 0.6) is 0 Å². The molecular formula is C21H21ClFN3O2. The van der Waals surface area contributed by atoms with Gasteiger partial charge < -0.3 is 14.7 Å². The molecule has 3 rings (SSSR count). The summed E-state index contributed by atoms with van der Waals surface area (Å²) >= 11 is 5.97. The van der Waals surface area contributed by atoms with Crippen molar-refractivity contribution in [3.8, 4) is 11.3 Å². The largest absolute Gasteiger partial charge is 0.355 e. The predicted molar refractivity (Wildman–Crippen MR) is 107 cm³/mol. The van der Waals surface area contributed by atoms with E-state index in [0.29, 0.717) is 11.4 Å². The lowest BCUT2D eigenvalue weighted by molar-refractivity contribution is 0.0923. The standard InChI is InChI=1S/C21H21ClFN3O2/c1-26(2)12-11-18(14-7-9-15(22)10-8-14)24-21(27)19-13-20(28-25-19)16-5-3-4-6-17(16)23/h3-10,13,18H,11-12H2,1-2H3,(H,24,27). The van der Waals surface area contributed by atoms with Crippen molar-refractivity contribution < 1.29 is 13.7 Å². The van der Waals surface area contributed by atoms with Gasteiger partial charge >= 0.3 is 0 Å². The van der Waals surface area contributed by atoms with Gasteiger partial charge in [0.05, 0.1) is 11.6 Å². The molecule has 0 aliphatic carbocycles. The molecule has 1 amide bonds. The number of benzene rings is 2. The summed E-state index contributed by atoms with van der Waals surface area (Å²) < 4.78 is 19.1. The highest BCUT2D eigenvalue weighted by atomic mass is 35.5. The van der Waals surface area contributed by atoms with Crippen LogP contribution in [-0.4, -0.2) is 36.6 Å². The van der Waals surface area contributed by atoms with Crippen molar-refractivity contribution in [2.24, 2.45) is 0 Å². The molecule has 1 atom stereocenters. The Labute approximate surface area is 168 Å². The Kier molecular flexibility index (Phi) is 6.44. The summed E-state index contributed by atoms with van der Waals surface area (Å²) in [5.41, 5.74) is 1.30. The van der Waals surface area contributed by atoms with E-state index < -0.39 is 5.82 Å². The Bertz CT molecular complexity index is 941. The first-order valence-electron chi connectivity index (χ1n) is 8.86. The summed E-state index contributed by atoms with van der Waals surface area (Å²) in [6.45, 7) is 0.785. The number of amides is 1. The van der Waals surface area contributed by atoms with E-state index in [1.807, 2.05) is 31.1 Å². The van der Waals surface area contributed by atoms with E-state index in [9.17, 15) is 9.18 Å². The van der Waals surface area contributed by atoms with Crippen LogP contribution in [0.25, 0.3) is 11.3 Å². The van der Waals surface area contributed by atoms with Crippen molar-refractivity contribution >= 4 is 17.5 Å². The molecule has 1 unspecified atom stereocenters. The van der Waals surface area contributed by atoms with Crippen LogP contribution in [0.1, 0.15) is 28.5 Å². The summed E-state index contributed by atoms with van der Waals surface area (Å²) in [5.74, 6) is -0.611. The van der Waals surface area contributed by atoms with Gasteiger partial charge in [0, 0.05) is 11.1 Å². The molecule has 0 saturated carbocycles. The first-order valence-corrected chi connectivity index (χ1v) is 9.24. The van der Waals surface area contributed by atoms with Crippen molar-refractivity contribution in [3.63, 3.8) is 0 Å². The van der Waals surface area contributed by atoms with E-state index >= 15 is 0 Å². The monoisotopic (exact) mass is 401 g/mol. The molecule has 5 nitrogen and oxygen atoms in total. The van der Waals surface area contributed by atoms with Gasteiger partial charge in [-0.3, -0.25) is 4.79 Å². The lowest BCUT2D eigenvalue weighted by Gasteiger charge is -2.21. The van der Waals surface area contributed by atoms with E-state index in [0.717, 1.165) is 12.1 Å². The number of hydrogen-bond donors (Lipinski definition) is 1. The van der Waals surface area contributed by atoms with Gasteiger partial charge in [-0.2, -0.15) is 0 Å². The topological polar surface area (TPSA) is 58.4 Å². The van der Waals surface area contributed by atoms with Crippen molar-refractivity contribution in [2.75, 3.05) is 20.6 Å². The highest BCUT2D eigenvalue weighted by molar-refractivity contribution is 6.30. The predicted octanol–water partition coefficient (Wildman–Crippen LogP) is 4.56. The van der Waals surface area contributed by atoms with Crippen molar-refractivity contribution in [2.45, 2.75) is 12.5 Å². The Morgan fingerprint density at radius 2 is 1.93 bits per heavy atom. The molecule has 7 heteroatoms. The molecular weight excluding hydrogens is 381 g/mol. The maximum atomic E-state index is 13.9. The molecule has 0 fully saturated rings. The van der Waals surface area contributed by atoms with E-state index in [-0.39, 0.29) is 29.0 Å². The minimum absolute atomic E-state index is 0.0991. The summed E-state index contributed by atoms with van der Waals surface area (Å²) in [6, 6.07) is 14.8. The molecule has 28 heavy (non-hydrogen) atoms. The van der Waals surface area contributed by atoms with Crippen LogP contribution >= 0.6 is 11.6 Å². The summed E-state index contributed by atoms with van der Waals surface area (Å²) in [5, 5.41) is 7.42. The first-order chi connectivity index (χ1) is 13.4. The van der Waals surface area contributed by atoms with E-state index in [1.54, 1.807) is 30.3 Å². The fourth-order valence-corrected chi connectivity index (χ4v) is 2.93. The number of nitrogens with zero attached hydrogens (tertiary/aromatic N) is 2. The molecule has 0 aliphatic heterocycles. The number of nitrogens with one attached hydrogen (secondary N) is 1. The summed E-state index contributed by atoms with van der Waals surface area (Å²) in [6.07, 6.45) is 0.707. The Hall–Kier alpha value is -2.70. The van der Waals surface area contributed by atoms with Gasteiger partial charge in [0.1, 0.15) is 5.82 Å². The number of halogens is 2. The average Bonchev–Trinajstić information content (AvgIpc) is 3.16. The third-order valence-corrected chi connectivity index (χ3v) is 4.58. The zero-order valence-electron chi connectivity index (χ0n) is 15.7. The molecule has 146 valence electrons. The lowest BCUT2D eigenvalue weighted by Crippen LogP contribution is -2.31. The lowest BCUT2D eigenvalue weighted by atomic mass is 10.0. The minimum atomic E-state index is -0.435. The highest BCUT2D eigenvalue weighted by Crippen LogP contribution is 2.24. The van der Waals surface area contributed by atoms with Gasteiger partial charge in [-0.25, -0.2) is 4.39 Å². The molecule has 3 aromatic rings. The van der Waals surface area contributed by atoms with E-state index in [1.165, 1.54) is 12.1 Å². The van der Waals surface area contributed by atoms with Crippen LogP contribution in [0.4, 0.5) is 4.39 Å². The Morgan fingerprint density at radius 3 is 2.61 bits per heavy atom. The van der Waals surface area contributed by atoms with Crippen molar-refractivity contribution in [1.82, 2.24) is 15.4 Å². The molecule has 0 radical (unpaired) electrons. The fourth-order valence-electron chi connectivity index (χ4n) is 2.81. The molecule has 2 aromatic carbocycles. The highest BCUT2D eigenvalue weighted by Gasteiger charge is 2.20. The minimum Gasteiger partial charge on any atom is -0.355 e. The number of rotatable bonds is 7. The van der Waals surface area contributed by atoms with Crippen LogP contribution in [0, 0.1) is 5.82 Å². The third-order valence-electron chi connectivity index (χ3n) is 4.32. The number of carbonyl (C=O) groups excluding carboxylic acids is 1. The molecule has 0 bridgehead atoms. The molecule has 0 saturated heterocycles. The van der Waals surface area contributed by atoms with Gasteiger partial charge in [0.2, 0.25) is 0 Å². The van der Waals surface area contributed by atoms with Gasteiger partial charge in [-0.05, 0) is 56.9 Å². The van der Waals surface area contributed by atoms with Crippen LogP contribution in [0.2, 0.25) is 5.02 Å². The molecule has 0 aliphatic rings. The Balaban J connectivity index is 1.78. The maximum Gasteiger partial charge on any atom is 0.273 e. The SMILES string of the molecule is CN(C)CCC(NC(=O)c1cc(-c2ccccc2F)on1)c1ccc(Cl)cc1. The van der Waals surface area contributed by atoms with Gasteiger partial charge in [-0.15, -0.1) is 0 Å². The van der Waals surface area contributed by atoms with Gasteiger partial charge in [0.25, 0.3) is 5.91 Å². The number of aromatic nitrogens is 1. The second kappa shape index (κ2) is 8.99. The van der Waals surface area contributed by atoms with Crippen LogP contribution in [0.15, 0.2) is 59.1 Å². The average molecular weight is 402 g/mol. The van der Waals surface area contributed by atoms with Crippen LogP contribution in [-0.2, 0) is 0 Å². The number of hydrogen-bond acceptors (Lipinski definition) is 4.